The molecule has 1 N–H and O–H groups in total. The summed E-state index contributed by atoms with van der Waals surface area (Å²) in [6, 6.07) is 3.30. The number of nitrogens with one attached hydrogen (secondary N) is 1. The number of rotatable bonds is 4. The van der Waals surface area contributed by atoms with Gasteiger partial charge in [-0.3, -0.25) is 10.2 Å². The van der Waals surface area contributed by atoms with Gasteiger partial charge in [0.1, 0.15) is 5.82 Å². The number of amides is 1. The molecule has 7 heteroatoms. The van der Waals surface area contributed by atoms with Gasteiger partial charge >= 0.3 is 0 Å². The molecule has 0 spiro atoms. The number of carbonyl (C=O) groups is 1. The van der Waals surface area contributed by atoms with Crippen molar-refractivity contribution in [3.63, 3.8) is 0 Å². The van der Waals surface area contributed by atoms with Crippen LogP contribution in [0.25, 0.3) is 0 Å². The van der Waals surface area contributed by atoms with Crippen molar-refractivity contribution in [2.24, 2.45) is 0 Å². The molecule has 1 amide bonds. The van der Waals surface area contributed by atoms with Crippen LogP contribution in [0.5, 0.6) is 0 Å². The lowest BCUT2D eigenvalue weighted by Crippen LogP contribution is -2.50. The number of fused-ring (bicyclic) bond motifs is 1. The summed E-state index contributed by atoms with van der Waals surface area (Å²) in [5, 5.41) is 1.67. The second kappa shape index (κ2) is 7.19. The summed E-state index contributed by atoms with van der Waals surface area (Å²) in [7, 11) is -2.95. The lowest BCUT2D eigenvalue weighted by Gasteiger charge is -2.27. The number of hydrazine groups is 1. The molecule has 1 aliphatic heterocycles. The minimum atomic E-state index is -2.95. The Hall–Kier alpha value is -1.47. The van der Waals surface area contributed by atoms with Gasteiger partial charge in [-0.2, -0.15) is 0 Å². The molecule has 0 aromatic heterocycles. The molecule has 0 unspecified atom stereocenters. The summed E-state index contributed by atoms with van der Waals surface area (Å²) in [5.74, 6) is -0.0899. The summed E-state index contributed by atoms with van der Waals surface area (Å²) in [5.41, 5.74) is 5.73. The van der Waals surface area contributed by atoms with Crippen LogP contribution in [-0.4, -0.2) is 43.9 Å². The van der Waals surface area contributed by atoms with Crippen molar-refractivity contribution >= 4 is 15.7 Å². The van der Waals surface area contributed by atoms with Crippen LogP contribution in [0, 0.1) is 5.82 Å². The second-order valence-corrected chi connectivity index (χ2v) is 8.85. The maximum absolute atomic E-state index is 13.9. The summed E-state index contributed by atoms with van der Waals surface area (Å²) >= 11 is 0. The number of carbonyl (C=O) groups excluding carboxylic acids is 1. The number of halogens is 1. The van der Waals surface area contributed by atoms with Crippen LogP contribution in [0.1, 0.15) is 36.0 Å². The minimum absolute atomic E-state index is 0.0821. The number of aryl methyl sites for hydroxylation is 1. The van der Waals surface area contributed by atoms with Crippen molar-refractivity contribution in [1.29, 1.82) is 0 Å². The van der Waals surface area contributed by atoms with E-state index >= 15 is 0 Å². The third-order valence-electron chi connectivity index (χ3n) is 4.82. The molecule has 0 atom stereocenters. The fourth-order valence-corrected chi connectivity index (χ4v) is 4.64. The highest BCUT2D eigenvalue weighted by Gasteiger charge is 2.23. The molecule has 0 radical (unpaired) electrons. The average molecular weight is 354 g/mol. The quantitative estimate of drug-likeness (QED) is 0.888. The monoisotopic (exact) mass is 354 g/mol. The van der Waals surface area contributed by atoms with E-state index in [1.807, 2.05) is 0 Å². The van der Waals surface area contributed by atoms with Crippen LogP contribution >= 0.6 is 0 Å². The Labute approximate surface area is 142 Å². The van der Waals surface area contributed by atoms with E-state index in [0.29, 0.717) is 25.9 Å². The van der Waals surface area contributed by atoms with Crippen LogP contribution in [0.3, 0.4) is 0 Å². The van der Waals surface area contributed by atoms with E-state index in [0.717, 1.165) is 42.4 Å². The van der Waals surface area contributed by atoms with Gasteiger partial charge in [0.05, 0.1) is 11.5 Å². The van der Waals surface area contributed by atoms with Crippen LogP contribution in [0.2, 0.25) is 0 Å². The third kappa shape index (κ3) is 4.13. The van der Waals surface area contributed by atoms with Crippen molar-refractivity contribution in [3.05, 3.63) is 34.6 Å². The zero-order chi connectivity index (χ0) is 17.2. The van der Waals surface area contributed by atoms with Crippen molar-refractivity contribution in [2.75, 3.05) is 24.6 Å². The molecule has 2 aliphatic rings. The maximum Gasteiger partial charge on any atom is 0.234 e. The molecule has 1 aliphatic carbocycles. The molecular formula is C17H23FN2O3S. The average Bonchev–Trinajstić information content (AvgIpc) is 2.56. The van der Waals surface area contributed by atoms with Crippen molar-refractivity contribution in [1.82, 2.24) is 10.4 Å². The molecule has 1 aromatic rings. The van der Waals surface area contributed by atoms with Gasteiger partial charge in [0.15, 0.2) is 9.84 Å². The second-order valence-electron chi connectivity index (χ2n) is 6.54. The molecule has 1 saturated heterocycles. The highest BCUT2D eigenvalue weighted by molar-refractivity contribution is 7.91. The molecule has 24 heavy (non-hydrogen) atoms. The van der Waals surface area contributed by atoms with Crippen LogP contribution in [0.4, 0.5) is 4.39 Å². The van der Waals surface area contributed by atoms with Gasteiger partial charge in [-0.05, 0) is 54.9 Å². The van der Waals surface area contributed by atoms with Crippen LogP contribution in [0.15, 0.2) is 12.1 Å². The van der Waals surface area contributed by atoms with Gasteiger partial charge in [-0.25, -0.2) is 17.8 Å². The van der Waals surface area contributed by atoms with Gasteiger partial charge in [-0.15, -0.1) is 0 Å². The number of nitrogens with zero attached hydrogens (tertiary/aromatic N) is 1. The smallest absolute Gasteiger partial charge is 0.234 e. The molecule has 0 saturated carbocycles. The Kier molecular flexibility index (Phi) is 5.20. The first-order valence-electron chi connectivity index (χ1n) is 8.48. The van der Waals surface area contributed by atoms with Gasteiger partial charge in [0.25, 0.3) is 0 Å². The standard InChI is InChI=1S/C17H23FN2O3S/c18-16-7-5-13(14-3-1-2-4-15(14)16)6-8-17(21)19-20-9-11-24(22,23)12-10-20/h5,7H,1-4,6,8-12H2,(H,19,21). The topological polar surface area (TPSA) is 66.5 Å². The summed E-state index contributed by atoms with van der Waals surface area (Å²) in [6.07, 6.45) is 4.66. The number of sulfone groups is 1. The van der Waals surface area contributed by atoms with E-state index in [9.17, 15) is 17.6 Å². The van der Waals surface area contributed by atoms with Gasteiger partial charge in [0.2, 0.25) is 5.91 Å². The van der Waals surface area contributed by atoms with Crippen LogP contribution in [-0.2, 0) is 33.9 Å². The lowest BCUT2D eigenvalue weighted by molar-refractivity contribution is -0.125. The molecule has 1 aromatic carbocycles. The largest absolute Gasteiger partial charge is 0.289 e. The van der Waals surface area contributed by atoms with Crippen LogP contribution < -0.4 is 5.43 Å². The number of hydrogen-bond donors (Lipinski definition) is 1. The normalized spacial score (nSPS) is 20.4. The SMILES string of the molecule is O=C(CCc1ccc(F)c2c1CCCC2)NN1CCS(=O)(=O)CC1. The summed E-state index contributed by atoms with van der Waals surface area (Å²) in [6.45, 7) is 0.667. The first-order valence-corrected chi connectivity index (χ1v) is 10.3. The number of hydrogen-bond acceptors (Lipinski definition) is 4. The highest BCUT2D eigenvalue weighted by atomic mass is 32.2. The third-order valence-corrected chi connectivity index (χ3v) is 6.43. The summed E-state index contributed by atoms with van der Waals surface area (Å²) in [4.78, 5) is 12.1. The Morgan fingerprint density at radius 1 is 1.12 bits per heavy atom. The molecule has 3 rings (SSSR count). The zero-order valence-electron chi connectivity index (χ0n) is 13.7. The minimum Gasteiger partial charge on any atom is -0.289 e. The van der Waals surface area contributed by atoms with E-state index in [1.54, 1.807) is 11.1 Å². The maximum atomic E-state index is 13.9. The van der Waals surface area contributed by atoms with E-state index in [4.69, 9.17) is 0 Å². The molecule has 5 nitrogen and oxygen atoms in total. The van der Waals surface area contributed by atoms with Gasteiger partial charge < -0.3 is 0 Å². The van der Waals surface area contributed by atoms with Crippen molar-refractivity contribution in [2.45, 2.75) is 38.5 Å². The predicted molar refractivity (Wildman–Crippen MR) is 89.7 cm³/mol. The van der Waals surface area contributed by atoms with E-state index < -0.39 is 9.84 Å². The molecule has 1 heterocycles. The first kappa shape index (κ1) is 17.4. The first-order chi connectivity index (χ1) is 11.4. The molecule has 0 bridgehead atoms. The van der Waals surface area contributed by atoms with E-state index in [-0.39, 0.29) is 23.2 Å². The predicted octanol–water partition coefficient (Wildman–Crippen LogP) is 1.40. The lowest BCUT2D eigenvalue weighted by atomic mass is 9.86. The zero-order valence-corrected chi connectivity index (χ0v) is 14.5. The van der Waals surface area contributed by atoms with Crippen molar-refractivity contribution in [3.8, 4) is 0 Å². The van der Waals surface area contributed by atoms with Crippen molar-refractivity contribution < 1.29 is 17.6 Å². The Morgan fingerprint density at radius 2 is 1.79 bits per heavy atom. The van der Waals surface area contributed by atoms with Gasteiger partial charge in [-0.1, -0.05) is 6.07 Å². The molecule has 1 fully saturated rings. The Morgan fingerprint density at radius 3 is 2.50 bits per heavy atom. The number of benzene rings is 1. The molecule has 132 valence electrons. The fraction of sp³-hybridized carbons (Fsp3) is 0.588. The Bertz CT molecular complexity index is 720. The summed E-state index contributed by atoms with van der Waals surface area (Å²) < 4.78 is 36.7. The highest BCUT2D eigenvalue weighted by Crippen LogP contribution is 2.27. The van der Waals surface area contributed by atoms with Gasteiger partial charge in [0, 0.05) is 19.5 Å². The van der Waals surface area contributed by atoms with E-state index in [1.165, 1.54) is 6.07 Å². The fourth-order valence-electron chi connectivity index (χ4n) is 3.44. The molecular weight excluding hydrogens is 331 g/mol. The van der Waals surface area contributed by atoms with E-state index in [2.05, 4.69) is 5.43 Å². The Balaban J connectivity index is 1.55.